The van der Waals surface area contributed by atoms with Crippen molar-refractivity contribution in [2.45, 2.75) is 17.8 Å². The summed E-state index contributed by atoms with van der Waals surface area (Å²) in [5, 5.41) is 14.7. The van der Waals surface area contributed by atoms with Gasteiger partial charge in [-0.3, -0.25) is 14.7 Å². The predicted octanol–water partition coefficient (Wildman–Crippen LogP) is 3.80. The summed E-state index contributed by atoms with van der Waals surface area (Å²) in [7, 11) is 6.52. The lowest BCUT2D eigenvalue weighted by molar-refractivity contribution is -0.118. The van der Waals surface area contributed by atoms with Crippen molar-refractivity contribution in [3.8, 4) is 11.5 Å². The summed E-state index contributed by atoms with van der Waals surface area (Å²) in [6, 6.07) is 13.4. The van der Waals surface area contributed by atoms with E-state index in [1.807, 2.05) is 36.4 Å². The number of fused-ring (bicyclic) bond motifs is 3. The van der Waals surface area contributed by atoms with Gasteiger partial charge in [-0.1, -0.05) is 6.07 Å². The predicted molar refractivity (Wildman–Crippen MR) is 139 cm³/mol. The van der Waals surface area contributed by atoms with Crippen LogP contribution in [-0.4, -0.2) is 60.2 Å². The normalized spacial score (nSPS) is 19.5. The molecule has 0 radical (unpaired) electrons. The summed E-state index contributed by atoms with van der Waals surface area (Å²) in [4.78, 5) is 31.1. The standard InChI is InChI=1S/C27H26N6O4/c1-33(2)25(34)22-11-21(23(37-4)13-28-22)29-24-16-7-5-14(9-20(16)31-32-24)18-12-27(18)17-10-15(36-3)6-8-19(17)30-26(27)35/h5-11,13,18H,12H2,1-4H3,(H,30,35)(H2,28,29,31,32)/t18-,27-/m0/s1. The van der Waals surface area contributed by atoms with Gasteiger partial charge in [0.2, 0.25) is 5.91 Å². The molecule has 3 heterocycles. The fourth-order valence-electron chi connectivity index (χ4n) is 5.22. The highest BCUT2D eigenvalue weighted by Gasteiger charge is 2.65. The van der Waals surface area contributed by atoms with E-state index in [-0.39, 0.29) is 17.7 Å². The van der Waals surface area contributed by atoms with Gasteiger partial charge in [-0.05, 0) is 53.9 Å². The minimum absolute atomic E-state index is 0.0284. The Hall–Kier alpha value is -4.60. The van der Waals surface area contributed by atoms with Crippen molar-refractivity contribution in [1.29, 1.82) is 0 Å². The van der Waals surface area contributed by atoms with Crippen molar-refractivity contribution in [3.05, 3.63) is 65.5 Å². The van der Waals surface area contributed by atoms with Crippen LogP contribution in [0, 0.1) is 0 Å². The third-order valence-electron chi connectivity index (χ3n) is 7.28. The molecule has 10 nitrogen and oxygen atoms in total. The molecule has 1 aliphatic carbocycles. The van der Waals surface area contributed by atoms with Gasteiger partial charge in [-0.15, -0.1) is 0 Å². The molecule has 37 heavy (non-hydrogen) atoms. The minimum atomic E-state index is -0.571. The summed E-state index contributed by atoms with van der Waals surface area (Å²) in [5.74, 6) is 1.70. The molecule has 0 unspecified atom stereocenters. The Morgan fingerprint density at radius 1 is 1.14 bits per heavy atom. The third-order valence-corrected chi connectivity index (χ3v) is 7.28. The van der Waals surface area contributed by atoms with Gasteiger partial charge in [0, 0.05) is 31.1 Å². The van der Waals surface area contributed by atoms with E-state index in [0.717, 1.165) is 39.9 Å². The molecule has 1 aliphatic heterocycles. The number of pyridine rings is 1. The van der Waals surface area contributed by atoms with Gasteiger partial charge >= 0.3 is 0 Å². The quantitative estimate of drug-likeness (QED) is 0.370. The van der Waals surface area contributed by atoms with Crippen LogP contribution in [0.2, 0.25) is 0 Å². The Bertz CT molecular complexity index is 1580. The van der Waals surface area contributed by atoms with Gasteiger partial charge in [-0.25, -0.2) is 4.98 Å². The van der Waals surface area contributed by atoms with E-state index >= 15 is 0 Å². The highest BCUT2D eigenvalue weighted by atomic mass is 16.5. The molecule has 1 saturated carbocycles. The molecule has 3 N–H and O–H groups in total. The molecule has 10 heteroatoms. The molecule has 0 bridgehead atoms. The lowest BCUT2D eigenvalue weighted by atomic mass is 9.91. The molecule has 0 saturated heterocycles. The molecular weight excluding hydrogens is 472 g/mol. The summed E-state index contributed by atoms with van der Waals surface area (Å²) in [6.45, 7) is 0. The van der Waals surface area contributed by atoms with E-state index in [4.69, 9.17) is 9.47 Å². The summed E-state index contributed by atoms with van der Waals surface area (Å²) >= 11 is 0. The van der Waals surface area contributed by atoms with Crippen LogP contribution in [0.4, 0.5) is 17.2 Å². The highest BCUT2D eigenvalue weighted by Crippen LogP contribution is 2.65. The van der Waals surface area contributed by atoms with Crippen LogP contribution < -0.4 is 20.1 Å². The maximum absolute atomic E-state index is 13.0. The molecule has 2 aliphatic rings. The maximum Gasteiger partial charge on any atom is 0.272 e. The van der Waals surface area contributed by atoms with Gasteiger partial charge in [0.15, 0.2) is 11.6 Å². The van der Waals surface area contributed by atoms with Crippen molar-refractivity contribution in [3.63, 3.8) is 0 Å². The first-order valence-corrected chi connectivity index (χ1v) is 11.9. The smallest absolute Gasteiger partial charge is 0.272 e. The molecular formula is C27H26N6O4. The SMILES string of the molecule is COc1ccc2c(c1)[C@]1(C[C@H]1c1ccc3c(Nc4cc(C(=O)N(C)C)ncc4OC)n[nH]c3c1)C(=O)N2. The molecule has 188 valence electrons. The van der Waals surface area contributed by atoms with Gasteiger partial charge in [0.05, 0.1) is 37.0 Å². The van der Waals surface area contributed by atoms with E-state index in [1.54, 1.807) is 34.4 Å². The number of ether oxygens (including phenoxy) is 2. The lowest BCUT2D eigenvalue weighted by Gasteiger charge is -2.13. The minimum Gasteiger partial charge on any atom is -0.497 e. The number of H-pyrrole nitrogens is 1. The number of aromatic amines is 1. The van der Waals surface area contributed by atoms with Crippen molar-refractivity contribution >= 4 is 39.9 Å². The first-order valence-electron chi connectivity index (χ1n) is 11.9. The maximum atomic E-state index is 13.0. The number of amides is 2. The van der Waals surface area contributed by atoms with Crippen molar-refractivity contribution in [2.75, 3.05) is 38.9 Å². The molecule has 2 amide bonds. The second kappa shape index (κ2) is 8.22. The lowest BCUT2D eigenvalue weighted by Crippen LogP contribution is -2.22. The molecule has 1 spiro atoms. The van der Waals surface area contributed by atoms with Crippen LogP contribution in [0.25, 0.3) is 10.9 Å². The number of nitrogens with zero attached hydrogens (tertiary/aromatic N) is 3. The van der Waals surface area contributed by atoms with Crippen LogP contribution in [0.5, 0.6) is 11.5 Å². The second-order valence-electron chi connectivity index (χ2n) is 9.57. The summed E-state index contributed by atoms with van der Waals surface area (Å²) in [5.41, 5.74) is 4.04. The van der Waals surface area contributed by atoms with Crippen LogP contribution in [0.15, 0.2) is 48.7 Å². The Morgan fingerprint density at radius 3 is 2.73 bits per heavy atom. The number of methoxy groups -OCH3 is 2. The largest absolute Gasteiger partial charge is 0.497 e. The Balaban J connectivity index is 1.31. The molecule has 2 atom stereocenters. The van der Waals surface area contributed by atoms with E-state index in [2.05, 4.69) is 25.8 Å². The number of anilines is 3. The highest BCUT2D eigenvalue weighted by molar-refractivity contribution is 6.10. The fourth-order valence-corrected chi connectivity index (χ4v) is 5.22. The first kappa shape index (κ1) is 22.8. The number of carbonyl (C=O) groups is 2. The molecule has 6 rings (SSSR count). The molecule has 2 aromatic heterocycles. The average Bonchev–Trinajstić information content (AvgIpc) is 3.46. The topological polar surface area (TPSA) is 121 Å². The van der Waals surface area contributed by atoms with Gasteiger partial charge < -0.3 is 25.0 Å². The third kappa shape index (κ3) is 3.47. The zero-order chi connectivity index (χ0) is 25.9. The van der Waals surface area contributed by atoms with Crippen molar-refractivity contribution in [2.24, 2.45) is 0 Å². The number of aromatic nitrogens is 3. The number of hydrogen-bond acceptors (Lipinski definition) is 7. The Kier molecular flexibility index (Phi) is 5.08. The van der Waals surface area contributed by atoms with Gasteiger partial charge in [0.1, 0.15) is 11.4 Å². The average molecular weight is 499 g/mol. The Morgan fingerprint density at radius 2 is 1.97 bits per heavy atom. The Labute approximate surface area is 213 Å². The molecule has 2 aromatic carbocycles. The number of carbonyl (C=O) groups excluding carboxylic acids is 2. The second-order valence-corrected chi connectivity index (χ2v) is 9.57. The zero-order valence-corrected chi connectivity index (χ0v) is 20.9. The van der Waals surface area contributed by atoms with E-state index in [0.29, 0.717) is 22.9 Å². The van der Waals surface area contributed by atoms with E-state index < -0.39 is 5.41 Å². The fraction of sp³-hybridized carbons (Fsp3) is 0.259. The van der Waals surface area contributed by atoms with Crippen LogP contribution in [0.3, 0.4) is 0 Å². The number of rotatable bonds is 6. The van der Waals surface area contributed by atoms with Crippen LogP contribution in [0.1, 0.15) is 34.0 Å². The zero-order valence-electron chi connectivity index (χ0n) is 20.9. The van der Waals surface area contributed by atoms with Gasteiger partial charge in [0.25, 0.3) is 5.91 Å². The number of benzene rings is 2. The van der Waals surface area contributed by atoms with Crippen LogP contribution in [-0.2, 0) is 10.2 Å². The van der Waals surface area contributed by atoms with E-state index in [9.17, 15) is 9.59 Å². The number of nitrogens with one attached hydrogen (secondary N) is 3. The van der Waals surface area contributed by atoms with Crippen molar-refractivity contribution in [1.82, 2.24) is 20.1 Å². The molecule has 1 fully saturated rings. The molecule has 4 aromatic rings. The van der Waals surface area contributed by atoms with E-state index in [1.165, 1.54) is 11.1 Å². The van der Waals surface area contributed by atoms with Crippen LogP contribution >= 0.6 is 0 Å². The monoisotopic (exact) mass is 498 g/mol. The van der Waals surface area contributed by atoms with Crippen molar-refractivity contribution < 1.29 is 19.1 Å². The summed E-state index contributed by atoms with van der Waals surface area (Å²) < 4.78 is 10.8. The first-order chi connectivity index (χ1) is 17.8. The number of hydrogen-bond donors (Lipinski definition) is 3. The summed E-state index contributed by atoms with van der Waals surface area (Å²) in [6.07, 6.45) is 2.25. The van der Waals surface area contributed by atoms with Gasteiger partial charge in [-0.2, -0.15) is 5.10 Å².